The Morgan fingerprint density at radius 3 is 1.77 bits per heavy atom. The quantitative estimate of drug-likeness (QED) is 0.158. The van der Waals surface area contributed by atoms with Crippen LogP contribution >= 0.6 is 0 Å². The number of aryl methyl sites for hydroxylation is 2. The molecule has 4 heterocycles. The summed E-state index contributed by atoms with van der Waals surface area (Å²) in [7, 11) is 0. The Morgan fingerprint density at radius 1 is 0.443 bits per heavy atom. The third-order valence-corrected chi connectivity index (χ3v) is 14.1. The first-order valence-electron chi connectivity index (χ1n) is 22.0. The lowest BCUT2D eigenvalue weighted by Gasteiger charge is -2.36. The van der Waals surface area contributed by atoms with Gasteiger partial charge in [-0.15, -0.1) is 0 Å². The average Bonchev–Trinajstić information content (AvgIpc) is 3.76. The molecular weight excluding hydrogens is 735 g/mol. The van der Waals surface area contributed by atoms with E-state index in [0.29, 0.717) is 0 Å². The van der Waals surface area contributed by atoms with Gasteiger partial charge in [-0.3, -0.25) is 0 Å². The minimum atomic E-state index is -0.0556. The second kappa shape index (κ2) is 12.5. The van der Waals surface area contributed by atoms with E-state index in [1.54, 1.807) is 0 Å². The van der Waals surface area contributed by atoms with Gasteiger partial charge in [0.25, 0.3) is 6.71 Å². The first-order chi connectivity index (χ1) is 29.4. The van der Waals surface area contributed by atoms with Crippen LogP contribution in [0.3, 0.4) is 0 Å². The van der Waals surface area contributed by atoms with Crippen LogP contribution in [0.2, 0.25) is 0 Å². The van der Waals surface area contributed by atoms with Gasteiger partial charge in [-0.1, -0.05) is 157 Å². The lowest BCUT2D eigenvalue weighted by molar-refractivity contribution is 0.590. The Labute approximate surface area is 359 Å². The predicted octanol–water partition coefficient (Wildman–Crippen LogP) is 13.2. The molecule has 0 saturated heterocycles. The third kappa shape index (κ3) is 5.04. The zero-order valence-electron chi connectivity index (χ0n) is 36.4. The van der Waals surface area contributed by atoms with Crippen molar-refractivity contribution in [2.75, 3.05) is 0 Å². The van der Waals surface area contributed by atoms with Crippen LogP contribution in [0, 0.1) is 13.8 Å². The van der Waals surface area contributed by atoms with Crippen molar-refractivity contribution >= 4 is 66.6 Å². The molecule has 0 bridgehead atoms. The number of benzene rings is 8. The van der Waals surface area contributed by atoms with Gasteiger partial charge in [0.2, 0.25) is 0 Å². The van der Waals surface area contributed by atoms with Gasteiger partial charge in [-0.25, -0.2) is 0 Å². The molecule has 0 saturated carbocycles. The van der Waals surface area contributed by atoms with Crippen LogP contribution in [-0.4, -0.2) is 15.8 Å². The maximum Gasteiger partial charge on any atom is 0.253 e. The number of hydrogen-bond donors (Lipinski definition) is 0. The van der Waals surface area contributed by atoms with E-state index >= 15 is 0 Å². The van der Waals surface area contributed by atoms with Gasteiger partial charge >= 0.3 is 0 Å². The summed E-state index contributed by atoms with van der Waals surface area (Å²) < 4.78 is 5.34. The summed E-state index contributed by atoms with van der Waals surface area (Å²) in [5.74, 6) is 0. The molecule has 0 amide bonds. The number of nitrogens with zero attached hydrogens (tertiary/aromatic N) is 2. The molecule has 2 aromatic heterocycles. The summed E-state index contributed by atoms with van der Waals surface area (Å²) in [6, 6.07) is 58.1. The van der Waals surface area contributed by atoms with E-state index < -0.39 is 0 Å². The molecule has 0 radical (unpaired) electrons. The van der Waals surface area contributed by atoms with Crippen molar-refractivity contribution in [3.63, 3.8) is 0 Å². The van der Waals surface area contributed by atoms with E-state index in [1.807, 2.05) is 0 Å². The molecule has 0 atom stereocenters. The molecule has 0 spiro atoms. The highest BCUT2D eigenvalue weighted by Gasteiger charge is 2.44. The van der Waals surface area contributed by atoms with Gasteiger partial charge in [0, 0.05) is 44.2 Å². The summed E-state index contributed by atoms with van der Waals surface area (Å²) in [6.45, 7) is 18.7. The second-order valence-corrected chi connectivity index (χ2v) is 19.9. The first-order valence-corrected chi connectivity index (χ1v) is 22.0. The van der Waals surface area contributed by atoms with Crippen molar-refractivity contribution in [2.45, 2.75) is 66.2 Å². The Kier molecular flexibility index (Phi) is 7.43. The first kappa shape index (κ1) is 36.3. The smallest absolute Gasteiger partial charge is 0.253 e. The molecule has 2 aliphatic heterocycles. The van der Waals surface area contributed by atoms with Crippen molar-refractivity contribution in [3.8, 4) is 44.9 Å². The maximum atomic E-state index is 2.70. The molecule has 0 aliphatic carbocycles. The SMILES string of the molecule is Cc1ccccc1-c1c(-c2ccccc2C)n2c3c(c4ccccc4cc13)B1c3c-2cc(-c2ccccc2)cc3-n2c3ccc(C(C)(C)C)cc3c3cc(C(C)(C)C)cc1c32. The molecule has 0 unspecified atom stereocenters. The van der Waals surface area contributed by atoms with Gasteiger partial charge in [0.1, 0.15) is 0 Å². The zero-order chi connectivity index (χ0) is 41.7. The molecule has 2 aliphatic rings. The number of aromatic nitrogens is 2. The van der Waals surface area contributed by atoms with Crippen LogP contribution in [0.1, 0.15) is 63.8 Å². The van der Waals surface area contributed by atoms with E-state index in [2.05, 4.69) is 216 Å². The monoisotopic (exact) mass is 784 g/mol. The lowest BCUT2D eigenvalue weighted by atomic mass is 9.33. The van der Waals surface area contributed by atoms with Gasteiger partial charge in [-0.2, -0.15) is 0 Å². The normalized spacial score (nSPS) is 13.2. The number of fused-ring (bicyclic) bond motifs is 9. The summed E-state index contributed by atoms with van der Waals surface area (Å²) in [6.07, 6.45) is 0. The summed E-state index contributed by atoms with van der Waals surface area (Å²) >= 11 is 0. The minimum Gasteiger partial charge on any atom is -0.310 e. The lowest BCUT2D eigenvalue weighted by Crippen LogP contribution is -2.60. The predicted molar refractivity (Wildman–Crippen MR) is 263 cm³/mol. The Morgan fingerprint density at radius 2 is 1.07 bits per heavy atom. The van der Waals surface area contributed by atoms with E-state index in [4.69, 9.17) is 0 Å². The Bertz CT molecular complexity index is 3510. The van der Waals surface area contributed by atoms with Crippen LogP contribution < -0.4 is 16.4 Å². The van der Waals surface area contributed by atoms with Crippen molar-refractivity contribution < 1.29 is 0 Å². The molecule has 0 fully saturated rings. The zero-order valence-corrected chi connectivity index (χ0v) is 36.4. The highest BCUT2D eigenvalue weighted by atomic mass is 15.0. The van der Waals surface area contributed by atoms with Gasteiger partial charge in [0.05, 0.1) is 16.7 Å². The van der Waals surface area contributed by atoms with Crippen molar-refractivity contribution in [1.29, 1.82) is 0 Å². The molecule has 0 N–H and O–H groups in total. The van der Waals surface area contributed by atoms with Gasteiger partial charge < -0.3 is 9.13 Å². The Balaban J connectivity index is 1.37. The second-order valence-electron chi connectivity index (χ2n) is 19.9. The van der Waals surface area contributed by atoms with E-state index in [0.717, 1.165) is 0 Å². The van der Waals surface area contributed by atoms with Crippen LogP contribution in [0.4, 0.5) is 0 Å². The van der Waals surface area contributed by atoms with Crippen molar-refractivity contribution in [3.05, 3.63) is 174 Å². The number of hydrogen-bond acceptors (Lipinski definition) is 0. The molecule has 2 nitrogen and oxygen atoms in total. The summed E-state index contributed by atoms with van der Waals surface area (Å²) in [5, 5.41) is 6.59. The van der Waals surface area contributed by atoms with Crippen LogP contribution in [-0.2, 0) is 10.8 Å². The molecule has 61 heavy (non-hydrogen) atoms. The van der Waals surface area contributed by atoms with Crippen molar-refractivity contribution in [1.82, 2.24) is 9.13 Å². The topological polar surface area (TPSA) is 9.86 Å². The molecule has 294 valence electrons. The van der Waals surface area contributed by atoms with Crippen LogP contribution in [0.5, 0.6) is 0 Å². The summed E-state index contributed by atoms with van der Waals surface area (Å²) in [5.41, 5.74) is 23.4. The van der Waals surface area contributed by atoms with Gasteiger partial charge in [0.15, 0.2) is 0 Å². The fraction of sp³-hybridized carbons (Fsp3) is 0.172. The Hall–Kier alpha value is -6.58. The molecule has 12 rings (SSSR count). The standard InChI is InChI=1S/C58H49BN2/c1-34-18-12-15-23-41(34)51-46-28-37-22-14-17-25-43(37)52-56(46)61(55(51)42-24-16-13-19-35(42)2)50-30-38(36-20-10-9-11-21-36)29-49-53(50)59(52)47-33-40(58(6,7)8)32-45-44-31-39(57(3,4)5)26-27-48(44)60(49)54(45)47/h9-33H,1-8H3. The van der Waals surface area contributed by atoms with Crippen LogP contribution in [0.15, 0.2) is 152 Å². The molecule has 10 aromatic rings. The molecule has 3 heteroatoms. The molecule has 8 aromatic carbocycles. The fourth-order valence-corrected chi connectivity index (χ4v) is 11.0. The van der Waals surface area contributed by atoms with Crippen molar-refractivity contribution in [2.24, 2.45) is 0 Å². The fourth-order valence-electron chi connectivity index (χ4n) is 11.0. The highest BCUT2D eigenvalue weighted by Crippen LogP contribution is 2.48. The largest absolute Gasteiger partial charge is 0.310 e. The number of rotatable bonds is 3. The highest BCUT2D eigenvalue weighted by molar-refractivity contribution is 7.01. The minimum absolute atomic E-state index is 0.00367. The van der Waals surface area contributed by atoms with Crippen LogP contribution in [0.25, 0.3) is 88.4 Å². The van der Waals surface area contributed by atoms with Gasteiger partial charge in [-0.05, 0) is 127 Å². The molecular formula is C58H49BN2. The van der Waals surface area contributed by atoms with E-state index in [1.165, 1.54) is 127 Å². The maximum absolute atomic E-state index is 2.70. The van der Waals surface area contributed by atoms with E-state index in [-0.39, 0.29) is 17.5 Å². The van der Waals surface area contributed by atoms with E-state index in [9.17, 15) is 0 Å². The third-order valence-electron chi connectivity index (χ3n) is 14.1. The average molecular weight is 785 g/mol. The summed E-state index contributed by atoms with van der Waals surface area (Å²) in [4.78, 5) is 0.